The molecule has 2 amide bonds. The lowest BCUT2D eigenvalue weighted by Gasteiger charge is -2.05. The first-order valence-corrected chi connectivity index (χ1v) is 8.92. The summed E-state index contributed by atoms with van der Waals surface area (Å²) in [5.41, 5.74) is 3.75. The van der Waals surface area contributed by atoms with Crippen molar-refractivity contribution in [3.63, 3.8) is 0 Å². The van der Waals surface area contributed by atoms with Gasteiger partial charge in [0.15, 0.2) is 5.13 Å². The van der Waals surface area contributed by atoms with Gasteiger partial charge >= 0.3 is 6.03 Å². The minimum Gasteiger partial charge on any atom is -0.308 e. The van der Waals surface area contributed by atoms with Crippen molar-refractivity contribution in [3.05, 3.63) is 63.0 Å². The first kappa shape index (κ1) is 15.9. The molecule has 23 heavy (non-hydrogen) atoms. The van der Waals surface area contributed by atoms with Crippen LogP contribution in [-0.2, 0) is 0 Å². The van der Waals surface area contributed by atoms with Gasteiger partial charge in [-0.15, -0.1) is 11.3 Å². The molecule has 0 saturated heterocycles. The zero-order chi connectivity index (χ0) is 16.2. The third-order valence-corrected chi connectivity index (χ3v) is 4.62. The van der Waals surface area contributed by atoms with E-state index in [2.05, 4.69) is 38.2 Å². The van der Waals surface area contributed by atoms with Gasteiger partial charge in [-0.25, -0.2) is 9.78 Å². The molecule has 1 heterocycles. The van der Waals surface area contributed by atoms with Gasteiger partial charge in [-0.1, -0.05) is 24.3 Å². The summed E-state index contributed by atoms with van der Waals surface area (Å²) in [6, 6.07) is 15.5. The van der Waals surface area contributed by atoms with Gasteiger partial charge in [-0.3, -0.25) is 5.32 Å². The molecule has 2 aromatic carbocycles. The Hall–Kier alpha value is -1.93. The van der Waals surface area contributed by atoms with Crippen molar-refractivity contribution in [3.8, 4) is 11.3 Å². The molecule has 0 bridgehead atoms. The van der Waals surface area contributed by atoms with Crippen LogP contribution in [-0.4, -0.2) is 11.0 Å². The largest absolute Gasteiger partial charge is 0.325 e. The number of nitrogens with zero attached hydrogens (tertiary/aromatic N) is 1. The highest BCUT2D eigenvalue weighted by Crippen LogP contribution is 2.25. The summed E-state index contributed by atoms with van der Waals surface area (Å²) in [6.45, 7) is 1.98. The van der Waals surface area contributed by atoms with Crippen LogP contribution in [0.3, 0.4) is 0 Å². The molecule has 3 rings (SSSR count). The Bertz CT molecular complexity index is 830. The summed E-state index contributed by atoms with van der Waals surface area (Å²) in [5.74, 6) is 0. The Labute approximate surface area is 152 Å². The molecule has 116 valence electrons. The van der Waals surface area contributed by atoms with E-state index in [0.717, 1.165) is 22.5 Å². The topological polar surface area (TPSA) is 54.0 Å². The second-order valence-corrected chi connectivity index (χ2v) is 7.10. The molecule has 0 aliphatic heterocycles. The van der Waals surface area contributed by atoms with Crippen LogP contribution in [0, 0.1) is 10.5 Å². The van der Waals surface area contributed by atoms with Gasteiger partial charge in [0, 0.05) is 20.2 Å². The van der Waals surface area contributed by atoms with Crippen LogP contribution in [0.25, 0.3) is 11.3 Å². The maximum Gasteiger partial charge on any atom is 0.325 e. The third kappa shape index (κ3) is 4.29. The number of nitrogens with one attached hydrogen (secondary N) is 2. The van der Waals surface area contributed by atoms with Crippen LogP contribution < -0.4 is 10.6 Å². The molecule has 1 aromatic heterocycles. The van der Waals surface area contributed by atoms with Crippen molar-refractivity contribution in [2.45, 2.75) is 6.92 Å². The number of benzene rings is 2. The Morgan fingerprint density at radius 3 is 2.65 bits per heavy atom. The quantitative estimate of drug-likeness (QED) is 0.544. The number of carbonyl (C=O) groups excluding carboxylic acids is 1. The monoisotopic (exact) mass is 435 g/mol. The van der Waals surface area contributed by atoms with Crippen LogP contribution in [0.2, 0.25) is 0 Å². The van der Waals surface area contributed by atoms with Crippen LogP contribution in [0.4, 0.5) is 15.6 Å². The first-order chi connectivity index (χ1) is 11.1. The fourth-order valence-corrected chi connectivity index (χ4v) is 3.14. The number of carbonyl (C=O) groups is 1. The average Bonchev–Trinajstić information content (AvgIpc) is 2.96. The van der Waals surface area contributed by atoms with Crippen molar-refractivity contribution in [2.75, 3.05) is 10.6 Å². The second-order valence-electron chi connectivity index (χ2n) is 4.99. The normalized spacial score (nSPS) is 10.3. The molecule has 0 atom stereocenters. The van der Waals surface area contributed by atoms with Gasteiger partial charge in [0.2, 0.25) is 0 Å². The smallest absolute Gasteiger partial charge is 0.308 e. The van der Waals surface area contributed by atoms with Crippen LogP contribution in [0.1, 0.15) is 5.56 Å². The Morgan fingerprint density at radius 1 is 1.13 bits per heavy atom. The molecule has 0 unspecified atom stereocenters. The maximum absolute atomic E-state index is 12.0. The van der Waals surface area contributed by atoms with Gasteiger partial charge in [-0.05, 0) is 59.3 Å². The highest BCUT2D eigenvalue weighted by Gasteiger charge is 2.08. The highest BCUT2D eigenvalue weighted by molar-refractivity contribution is 14.1. The lowest BCUT2D eigenvalue weighted by atomic mass is 10.2. The number of aryl methyl sites for hydroxylation is 1. The van der Waals surface area contributed by atoms with Gasteiger partial charge in [-0.2, -0.15) is 0 Å². The fraction of sp³-hybridized carbons (Fsp3) is 0.0588. The zero-order valence-corrected chi connectivity index (χ0v) is 15.3. The predicted molar refractivity (Wildman–Crippen MR) is 104 cm³/mol. The summed E-state index contributed by atoms with van der Waals surface area (Å²) >= 11 is 3.67. The number of rotatable bonds is 3. The average molecular weight is 435 g/mol. The standard InChI is InChI=1S/C17H14IN3OS/c1-11-3-2-4-14(9-11)19-16(22)21-17-20-15(10-23-17)12-5-7-13(18)8-6-12/h2-10H,1H3,(H2,19,20,21,22). The number of thiazole rings is 1. The predicted octanol–water partition coefficient (Wildman–Crippen LogP) is 5.37. The molecule has 4 nitrogen and oxygen atoms in total. The van der Waals surface area contributed by atoms with Crippen molar-refractivity contribution in [1.29, 1.82) is 0 Å². The summed E-state index contributed by atoms with van der Waals surface area (Å²) in [5, 5.41) is 8.08. The number of amides is 2. The number of urea groups is 1. The van der Waals surface area contributed by atoms with E-state index in [1.54, 1.807) is 0 Å². The molecule has 2 N–H and O–H groups in total. The second kappa shape index (κ2) is 7.10. The molecule has 3 aromatic rings. The van der Waals surface area contributed by atoms with Crippen molar-refractivity contribution < 1.29 is 4.79 Å². The Kier molecular flexibility index (Phi) is 4.92. The molecule has 0 saturated carbocycles. The first-order valence-electron chi connectivity index (χ1n) is 6.96. The number of aromatic nitrogens is 1. The summed E-state index contributed by atoms with van der Waals surface area (Å²) in [7, 11) is 0. The molecule has 0 spiro atoms. The van der Waals surface area contributed by atoms with Gasteiger partial charge in [0.1, 0.15) is 0 Å². The summed E-state index contributed by atoms with van der Waals surface area (Å²) in [4.78, 5) is 16.5. The third-order valence-electron chi connectivity index (χ3n) is 3.14. The number of anilines is 2. The van der Waals surface area contributed by atoms with E-state index in [-0.39, 0.29) is 6.03 Å². The van der Waals surface area contributed by atoms with Crippen LogP contribution in [0.15, 0.2) is 53.9 Å². The Balaban J connectivity index is 1.66. The summed E-state index contributed by atoms with van der Waals surface area (Å²) < 4.78 is 1.18. The van der Waals surface area contributed by atoms with E-state index in [4.69, 9.17) is 0 Å². The number of halogens is 1. The van der Waals surface area contributed by atoms with Gasteiger partial charge in [0.25, 0.3) is 0 Å². The lowest BCUT2D eigenvalue weighted by molar-refractivity contribution is 0.262. The highest BCUT2D eigenvalue weighted by atomic mass is 127. The van der Waals surface area contributed by atoms with Crippen molar-refractivity contribution in [2.24, 2.45) is 0 Å². The molecular weight excluding hydrogens is 421 g/mol. The molecule has 0 radical (unpaired) electrons. The van der Waals surface area contributed by atoms with Crippen LogP contribution in [0.5, 0.6) is 0 Å². The number of hydrogen-bond donors (Lipinski definition) is 2. The fourth-order valence-electron chi connectivity index (χ4n) is 2.07. The van der Waals surface area contributed by atoms with Gasteiger partial charge in [0.05, 0.1) is 5.69 Å². The number of hydrogen-bond acceptors (Lipinski definition) is 3. The van der Waals surface area contributed by atoms with Gasteiger partial charge < -0.3 is 5.32 Å². The van der Waals surface area contributed by atoms with E-state index < -0.39 is 0 Å². The van der Waals surface area contributed by atoms with Crippen LogP contribution >= 0.6 is 33.9 Å². The van der Waals surface area contributed by atoms with E-state index in [9.17, 15) is 4.79 Å². The van der Waals surface area contributed by atoms with Crippen molar-refractivity contribution in [1.82, 2.24) is 4.98 Å². The summed E-state index contributed by atoms with van der Waals surface area (Å²) in [6.07, 6.45) is 0. The minimum absolute atomic E-state index is 0.292. The molecule has 0 aliphatic rings. The lowest BCUT2D eigenvalue weighted by Crippen LogP contribution is -2.19. The molecular formula is C17H14IN3OS. The SMILES string of the molecule is Cc1cccc(NC(=O)Nc2nc(-c3ccc(I)cc3)cs2)c1. The molecule has 0 fully saturated rings. The molecule has 0 aliphatic carbocycles. The molecule has 6 heteroatoms. The maximum atomic E-state index is 12.0. The van der Waals surface area contributed by atoms with E-state index in [1.807, 2.05) is 60.8 Å². The van der Waals surface area contributed by atoms with E-state index in [0.29, 0.717) is 5.13 Å². The van der Waals surface area contributed by atoms with E-state index >= 15 is 0 Å². The zero-order valence-electron chi connectivity index (χ0n) is 12.3. The van der Waals surface area contributed by atoms with Crippen molar-refractivity contribution >= 4 is 50.8 Å². The minimum atomic E-state index is -0.292. The Morgan fingerprint density at radius 2 is 1.91 bits per heavy atom. The van der Waals surface area contributed by atoms with E-state index in [1.165, 1.54) is 14.9 Å².